The standard InChI is InChI=1S/C26H30N2O6/c1-7-33-26(29)16-34-27-17(2)22-15-23(19-8-11-21(30-4)12-9-19)28(18(22)3)20-10-13-24(31-5)25(14-20)32-6/h8-15H,7,16H2,1-6H3/b27-17-. The van der Waals surface area contributed by atoms with Crippen molar-refractivity contribution in [1.82, 2.24) is 4.57 Å². The van der Waals surface area contributed by atoms with Gasteiger partial charge in [0.2, 0.25) is 6.61 Å². The highest BCUT2D eigenvalue weighted by molar-refractivity contribution is 6.01. The first-order chi connectivity index (χ1) is 16.4. The predicted molar refractivity (Wildman–Crippen MR) is 130 cm³/mol. The van der Waals surface area contributed by atoms with Gasteiger partial charge >= 0.3 is 5.97 Å². The van der Waals surface area contributed by atoms with E-state index in [1.807, 2.05) is 62.4 Å². The number of benzene rings is 2. The summed E-state index contributed by atoms with van der Waals surface area (Å²) in [5, 5.41) is 4.15. The summed E-state index contributed by atoms with van der Waals surface area (Å²) in [6.07, 6.45) is 0. The van der Waals surface area contributed by atoms with Gasteiger partial charge in [-0.25, -0.2) is 4.79 Å². The Morgan fingerprint density at radius 2 is 1.65 bits per heavy atom. The lowest BCUT2D eigenvalue weighted by atomic mass is 10.1. The molecule has 8 heteroatoms. The molecule has 1 heterocycles. The number of oxime groups is 1. The van der Waals surface area contributed by atoms with Gasteiger partial charge in [0.25, 0.3) is 0 Å². The molecule has 0 bridgehead atoms. The number of methoxy groups -OCH3 is 3. The van der Waals surface area contributed by atoms with Crippen LogP contribution in [0.2, 0.25) is 0 Å². The number of carbonyl (C=O) groups is 1. The maximum atomic E-state index is 11.6. The first-order valence-corrected chi connectivity index (χ1v) is 10.8. The van der Waals surface area contributed by atoms with Crippen molar-refractivity contribution < 1.29 is 28.6 Å². The third kappa shape index (κ3) is 5.33. The van der Waals surface area contributed by atoms with Crippen molar-refractivity contribution in [3.8, 4) is 34.2 Å². The molecular formula is C26H30N2O6. The molecule has 0 aliphatic carbocycles. The maximum absolute atomic E-state index is 11.6. The highest BCUT2D eigenvalue weighted by Gasteiger charge is 2.19. The molecule has 0 unspecified atom stereocenters. The molecule has 0 N–H and O–H groups in total. The Morgan fingerprint density at radius 1 is 0.941 bits per heavy atom. The quantitative estimate of drug-likeness (QED) is 0.243. The van der Waals surface area contributed by atoms with Gasteiger partial charge in [-0.05, 0) is 68.8 Å². The normalized spacial score (nSPS) is 11.2. The molecule has 3 rings (SSSR count). The monoisotopic (exact) mass is 466 g/mol. The van der Waals surface area contributed by atoms with E-state index in [1.165, 1.54) is 0 Å². The Balaban J connectivity index is 2.09. The number of nitrogens with zero attached hydrogens (tertiary/aromatic N) is 2. The summed E-state index contributed by atoms with van der Waals surface area (Å²) >= 11 is 0. The molecule has 0 saturated heterocycles. The molecule has 0 atom stereocenters. The van der Waals surface area contributed by atoms with Gasteiger partial charge in [0.05, 0.1) is 39.3 Å². The Hall–Kier alpha value is -3.94. The smallest absolute Gasteiger partial charge is 0.347 e. The molecule has 0 saturated carbocycles. The minimum atomic E-state index is -0.461. The molecule has 0 radical (unpaired) electrons. The molecule has 0 fully saturated rings. The number of carbonyl (C=O) groups excluding carboxylic acids is 1. The molecule has 180 valence electrons. The van der Waals surface area contributed by atoms with Crippen molar-refractivity contribution in [1.29, 1.82) is 0 Å². The Kier molecular flexibility index (Phi) is 8.19. The van der Waals surface area contributed by atoms with E-state index in [0.717, 1.165) is 34.0 Å². The zero-order valence-corrected chi connectivity index (χ0v) is 20.4. The topological polar surface area (TPSA) is 80.5 Å². The number of ether oxygens (including phenoxy) is 4. The molecule has 0 aliphatic rings. The minimum Gasteiger partial charge on any atom is -0.497 e. The van der Waals surface area contributed by atoms with Gasteiger partial charge in [-0.3, -0.25) is 0 Å². The van der Waals surface area contributed by atoms with E-state index in [9.17, 15) is 4.79 Å². The maximum Gasteiger partial charge on any atom is 0.347 e. The van der Waals surface area contributed by atoms with Crippen molar-refractivity contribution in [3.05, 3.63) is 59.8 Å². The number of hydrogen-bond acceptors (Lipinski definition) is 7. The lowest BCUT2D eigenvalue weighted by Crippen LogP contribution is -2.11. The van der Waals surface area contributed by atoms with Crippen LogP contribution in [-0.4, -0.2) is 50.8 Å². The summed E-state index contributed by atoms with van der Waals surface area (Å²) in [4.78, 5) is 16.8. The zero-order valence-electron chi connectivity index (χ0n) is 20.4. The van der Waals surface area contributed by atoms with Gasteiger partial charge in [0.15, 0.2) is 11.5 Å². The Labute approximate surface area is 199 Å². The molecule has 8 nitrogen and oxygen atoms in total. The fraction of sp³-hybridized carbons (Fsp3) is 0.308. The summed E-state index contributed by atoms with van der Waals surface area (Å²) in [7, 11) is 4.85. The minimum absolute atomic E-state index is 0.244. The van der Waals surface area contributed by atoms with Crippen LogP contribution in [0.4, 0.5) is 0 Å². The summed E-state index contributed by atoms with van der Waals surface area (Å²) in [6, 6.07) is 15.6. The van der Waals surface area contributed by atoms with Gasteiger partial charge in [-0.2, -0.15) is 0 Å². The van der Waals surface area contributed by atoms with Crippen LogP contribution in [0.15, 0.2) is 53.7 Å². The van der Waals surface area contributed by atoms with Crippen LogP contribution in [0.3, 0.4) is 0 Å². The van der Waals surface area contributed by atoms with Crippen molar-refractivity contribution in [2.45, 2.75) is 20.8 Å². The number of aromatic nitrogens is 1. The van der Waals surface area contributed by atoms with Crippen molar-refractivity contribution >= 4 is 11.7 Å². The molecule has 1 aromatic heterocycles. The summed E-state index contributed by atoms with van der Waals surface area (Å²) in [5.41, 5.74) is 5.29. The average Bonchev–Trinajstić information content (AvgIpc) is 3.20. The van der Waals surface area contributed by atoms with Crippen molar-refractivity contribution in [2.75, 3.05) is 34.5 Å². The van der Waals surface area contributed by atoms with Crippen LogP contribution in [0.5, 0.6) is 17.2 Å². The highest BCUT2D eigenvalue weighted by Crippen LogP contribution is 2.35. The second kappa shape index (κ2) is 11.3. The van der Waals surface area contributed by atoms with Gasteiger partial charge in [0.1, 0.15) is 5.75 Å². The largest absolute Gasteiger partial charge is 0.497 e. The van der Waals surface area contributed by atoms with E-state index in [1.54, 1.807) is 28.3 Å². The fourth-order valence-electron chi connectivity index (χ4n) is 3.68. The second-order valence-corrected chi connectivity index (χ2v) is 7.39. The lowest BCUT2D eigenvalue weighted by molar-refractivity contribution is -0.148. The average molecular weight is 467 g/mol. The van der Waals surface area contributed by atoms with Gasteiger partial charge in [0, 0.05) is 23.0 Å². The van der Waals surface area contributed by atoms with E-state index >= 15 is 0 Å². The van der Waals surface area contributed by atoms with Crippen LogP contribution >= 0.6 is 0 Å². The number of hydrogen-bond donors (Lipinski definition) is 0. The fourth-order valence-corrected chi connectivity index (χ4v) is 3.68. The van der Waals surface area contributed by atoms with Crippen molar-refractivity contribution in [2.24, 2.45) is 5.16 Å². The van der Waals surface area contributed by atoms with Crippen molar-refractivity contribution in [3.63, 3.8) is 0 Å². The predicted octanol–water partition coefficient (Wildman–Crippen LogP) is 4.78. The summed E-state index contributed by atoms with van der Waals surface area (Å²) in [6.45, 7) is 5.64. The number of rotatable bonds is 10. The highest BCUT2D eigenvalue weighted by atomic mass is 16.7. The third-order valence-electron chi connectivity index (χ3n) is 5.34. The first kappa shape index (κ1) is 24.7. The van der Waals surface area contributed by atoms with Crippen LogP contribution < -0.4 is 14.2 Å². The Bertz CT molecular complexity index is 1160. The molecular weight excluding hydrogens is 436 g/mol. The van der Waals surface area contributed by atoms with Crippen LogP contribution in [0.1, 0.15) is 25.1 Å². The van der Waals surface area contributed by atoms with E-state index in [0.29, 0.717) is 23.8 Å². The zero-order chi connectivity index (χ0) is 24.7. The van der Waals surface area contributed by atoms with Crippen LogP contribution in [0.25, 0.3) is 16.9 Å². The third-order valence-corrected chi connectivity index (χ3v) is 5.34. The second-order valence-electron chi connectivity index (χ2n) is 7.39. The Morgan fingerprint density at radius 3 is 2.26 bits per heavy atom. The van der Waals surface area contributed by atoms with Gasteiger partial charge in [-0.1, -0.05) is 5.16 Å². The van der Waals surface area contributed by atoms with Crippen LogP contribution in [-0.2, 0) is 14.4 Å². The summed E-state index contributed by atoms with van der Waals surface area (Å²) < 4.78 is 23.2. The lowest BCUT2D eigenvalue weighted by Gasteiger charge is -2.15. The molecule has 0 spiro atoms. The van der Waals surface area contributed by atoms with E-state index < -0.39 is 5.97 Å². The van der Waals surface area contributed by atoms with Crippen LogP contribution in [0, 0.1) is 6.92 Å². The molecule has 0 amide bonds. The number of esters is 1. The SMILES string of the molecule is CCOC(=O)CO/N=C(/C)c1cc(-c2ccc(OC)cc2)n(-c2ccc(OC)c(OC)c2)c1C. The molecule has 2 aromatic carbocycles. The van der Waals surface area contributed by atoms with E-state index in [4.69, 9.17) is 23.8 Å². The van der Waals surface area contributed by atoms with Gasteiger partial charge < -0.3 is 28.4 Å². The first-order valence-electron chi connectivity index (χ1n) is 10.8. The van der Waals surface area contributed by atoms with Gasteiger partial charge in [-0.15, -0.1) is 0 Å². The molecule has 34 heavy (non-hydrogen) atoms. The summed E-state index contributed by atoms with van der Waals surface area (Å²) in [5.74, 6) is 1.58. The van der Waals surface area contributed by atoms with E-state index in [-0.39, 0.29) is 6.61 Å². The van der Waals surface area contributed by atoms with E-state index in [2.05, 4.69) is 9.72 Å². The molecule has 3 aromatic rings. The molecule has 0 aliphatic heterocycles.